The van der Waals surface area contributed by atoms with E-state index >= 15 is 0 Å². The molecule has 0 saturated heterocycles. The molecule has 0 saturated carbocycles. The SMILES string of the molecule is COc1cc(C(=O)Nc2ccc(N(C)C(C)=O)cc2)ccc1C. The topological polar surface area (TPSA) is 58.6 Å². The quantitative estimate of drug-likeness (QED) is 0.943. The predicted octanol–water partition coefficient (Wildman–Crippen LogP) is 3.24. The average molecular weight is 312 g/mol. The van der Waals surface area contributed by atoms with Crippen LogP contribution in [0.5, 0.6) is 5.75 Å². The number of carbonyl (C=O) groups is 2. The van der Waals surface area contributed by atoms with E-state index in [1.807, 2.05) is 13.0 Å². The molecule has 0 spiro atoms. The number of nitrogens with zero attached hydrogens (tertiary/aromatic N) is 1. The molecular weight excluding hydrogens is 292 g/mol. The molecule has 5 nitrogen and oxygen atoms in total. The Morgan fingerprint density at radius 1 is 1.09 bits per heavy atom. The third kappa shape index (κ3) is 3.88. The van der Waals surface area contributed by atoms with E-state index in [1.54, 1.807) is 50.6 Å². The van der Waals surface area contributed by atoms with Crippen molar-refractivity contribution in [1.82, 2.24) is 0 Å². The molecule has 1 N–H and O–H groups in total. The van der Waals surface area contributed by atoms with Crippen LogP contribution in [0.3, 0.4) is 0 Å². The molecule has 2 aromatic carbocycles. The molecular formula is C18H20N2O3. The highest BCUT2D eigenvalue weighted by Gasteiger charge is 2.10. The lowest BCUT2D eigenvalue weighted by Gasteiger charge is -2.15. The Labute approximate surface area is 135 Å². The highest BCUT2D eigenvalue weighted by Crippen LogP contribution is 2.21. The number of hydrogen-bond acceptors (Lipinski definition) is 3. The van der Waals surface area contributed by atoms with Gasteiger partial charge in [-0.3, -0.25) is 9.59 Å². The van der Waals surface area contributed by atoms with Gasteiger partial charge in [-0.25, -0.2) is 0 Å². The summed E-state index contributed by atoms with van der Waals surface area (Å²) in [4.78, 5) is 25.2. The predicted molar refractivity (Wildman–Crippen MR) is 91.2 cm³/mol. The molecule has 5 heteroatoms. The second kappa shape index (κ2) is 6.96. The number of ether oxygens (including phenoxy) is 1. The fourth-order valence-electron chi connectivity index (χ4n) is 2.11. The van der Waals surface area contributed by atoms with Crippen molar-refractivity contribution in [3.63, 3.8) is 0 Å². The monoisotopic (exact) mass is 312 g/mol. The van der Waals surface area contributed by atoms with Crippen molar-refractivity contribution >= 4 is 23.2 Å². The van der Waals surface area contributed by atoms with E-state index in [9.17, 15) is 9.59 Å². The van der Waals surface area contributed by atoms with Crippen LogP contribution in [0.1, 0.15) is 22.8 Å². The molecule has 0 atom stereocenters. The van der Waals surface area contributed by atoms with Crippen LogP contribution in [-0.4, -0.2) is 26.0 Å². The second-order valence-corrected chi connectivity index (χ2v) is 5.26. The molecule has 0 aliphatic heterocycles. The first-order valence-corrected chi connectivity index (χ1v) is 7.22. The molecule has 0 bridgehead atoms. The van der Waals surface area contributed by atoms with Crippen LogP contribution >= 0.6 is 0 Å². The Bertz CT molecular complexity index is 724. The first-order chi connectivity index (χ1) is 10.9. The standard InChI is InChI=1S/C18H20N2O3/c1-12-5-6-14(11-17(12)23-4)18(22)19-15-7-9-16(10-8-15)20(3)13(2)21/h5-11H,1-4H3,(H,19,22). The number of carbonyl (C=O) groups excluding carboxylic acids is 2. The summed E-state index contributed by atoms with van der Waals surface area (Å²) in [7, 11) is 3.28. The van der Waals surface area contributed by atoms with Gasteiger partial charge >= 0.3 is 0 Å². The Morgan fingerprint density at radius 2 is 1.74 bits per heavy atom. The molecule has 120 valence electrons. The number of benzene rings is 2. The van der Waals surface area contributed by atoms with Gasteiger partial charge in [0.15, 0.2) is 0 Å². The number of nitrogens with one attached hydrogen (secondary N) is 1. The van der Waals surface area contributed by atoms with Crippen LogP contribution in [-0.2, 0) is 4.79 Å². The van der Waals surface area contributed by atoms with Crippen LogP contribution in [0.15, 0.2) is 42.5 Å². The summed E-state index contributed by atoms with van der Waals surface area (Å²) in [5, 5.41) is 2.83. The lowest BCUT2D eigenvalue weighted by atomic mass is 10.1. The second-order valence-electron chi connectivity index (χ2n) is 5.26. The molecule has 0 fully saturated rings. The minimum atomic E-state index is -0.212. The van der Waals surface area contributed by atoms with Crippen molar-refractivity contribution in [2.24, 2.45) is 0 Å². The third-order valence-electron chi connectivity index (χ3n) is 3.66. The summed E-state index contributed by atoms with van der Waals surface area (Å²) in [6, 6.07) is 12.4. The van der Waals surface area contributed by atoms with Crippen molar-refractivity contribution < 1.29 is 14.3 Å². The van der Waals surface area contributed by atoms with Gasteiger partial charge < -0.3 is 15.0 Å². The average Bonchev–Trinajstić information content (AvgIpc) is 2.55. The van der Waals surface area contributed by atoms with E-state index in [-0.39, 0.29) is 11.8 Å². The minimum Gasteiger partial charge on any atom is -0.496 e. The third-order valence-corrected chi connectivity index (χ3v) is 3.66. The van der Waals surface area contributed by atoms with E-state index in [0.29, 0.717) is 17.0 Å². The minimum absolute atomic E-state index is 0.0477. The zero-order valence-electron chi connectivity index (χ0n) is 13.7. The fourth-order valence-corrected chi connectivity index (χ4v) is 2.11. The molecule has 0 aliphatic rings. The first-order valence-electron chi connectivity index (χ1n) is 7.22. The highest BCUT2D eigenvalue weighted by molar-refractivity contribution is 6.04. The molecule has 2 amide bonds. The van der Waals surface area contributed by atoms with Gasteiger partial charge in [0.1, 0.15) is 5.75 Å². The number of rotatable bonds is 4. The summed E-state index contributed by atoms with van der Waals surface area (Å²) in [5.41, 5.74) is 2.93. The summed E-state index contributed by atoms with van der Waals surface area (Å²) in [6.45, 7) is 3.42. The maximum Gasteiger partial charge on any atom is 0.255 e. The number of aryl methyl sites for hydroxylation is 1. The summed E-state index contributed by atoms with van der Waals surface area (Å²) in [5.74, 6) is 0.417. The Hall–Kier alpha value is -2.82. The lowest BCUT2D eigenvalue weighted by molar-refractivity contribution is -0.116. The maximum absolute atomic E-state index is 12.3. The zero-order chi connectivity index (χ0) is 17.0. The van der Waals surface area contributed by atoms with E-state index < -0.39 is 0 Å². The Kier molecular flexibility index (Phi) is 5.01. The summed E-state index contributed by atoms with van der Waals surface area (Å²) >= 11 is 0. The van der Waals surface area contributed by atoms with E-state index in [2.05, 4.69) is 5.32 Å². The van der Waals surface area contributed by atoms with Crippen molar-refractivity contribution in [2.45, 2.75) is 13.8 Å². The largest absolute Gasteiger partial charge is 0.496 e. The van der Waals surface area contributed by atoms with Gasteiger partial charge in [0.05, 0.1) is 7.11 Å². The van der Waals surface area contributed by atoms with Crippen LogP contribution in [0.2, 0.25) is 0 Å². The van der Waals surface area contributed by atoms with Crippen LogP contribution < -0.4 is 15.0 Å². The molecule has 0 unspecified atom stereocenters. The fraction of sp³-hybridized carbons (Fsp3) is 0.222. The van der Waals surface area contributed by atoms with Crippen molar-refractivity contribution in [3.8, 4) is 5.75 Å². The Balaban J connectivity index is 2.13. The summed E-state index contributed by atoms with van der Waals surface area (Å²) < 4.78 is 5.23. The lowest BCUT2D eigenvalue weighted by Crippen LogP contribution is -2.22. The first kappa shape index (κ1) is 16.5. The molecule has 0 aliphatic carbocycles. The molecule has 2 aromatic rings. The smallest absolute Gasteiger partial charge is 0.255 e. The Morgan fingerprint density at radius 3 is 2.30 bits per heavy atom. The van der Waals surface area contributed by atoms with Crippen LogP contribution in [0.4, 0.5) is 11.4 Å². The molecule has 0 heterocycles. The van der Waals surface area contributed by atoms with Crippen LogP contribution in [0.25, 0.3) is 0 Å². The number of hydrogen-bond donors (Lipinski definition) is 1. The number of anilines is 2. The van der Waals surface area contributed by atoms with E-state index in [0.717, 1.165) is 11.3 Å². The van der Waals surface area contributed by atoms with Gasteiger partial charge in [-0.15, -0.1) is 0 Å². The molecule has 0 aromatic heterocycles. The van der Waals surface area contributed by atoms with Gasteiger partial charge in [-0.2, -0.15) is 0 Å². The van der Waals surface area contributed by atoms with E-state index in [1.165, 1.54) is 11.8 Å². The van der Waals surface area contributed by atoms with Gasteiger partial charge in [-0.1, -0.05) is 6.07 Å². The van der Waals surface area contributed by atoms with Gasteiger partial charge in [0.2, 0.25) is 5.91 Å². The highest BCUT2D eigenvalue weighted by atomic mass is 16.5. The molecule has 2 rings (SSSR count). The molecule has 0 radical (unpaired) electrons. The van der Waals surface area contributed by atoms with Crippen molar-refractivity contribution in [3.05, 3.63) is 53.6 Å². The number of methoxy groups -OCH3 is 1. The van der Waals surface area contributed by atoms with Gasteiger partial charge in [0.25, 0.3) is 5.91 Å². The zero-order valence-corrected chi connectivity index (χ0v) is 13.7. The van der Waals surface area contributed by atoms with E-state index in [4.69, 9.17) is 4.74 Å². The van der Waals surface area contributed by atoms with Gasteiger partial charge in [-0.05, 0) is 48.9 Å². The van der Waals surface area contributed by atoms with Crippen LogP contribution in [0, 0.1) is 6.92 Å². The van der Waals surface area contributed by atoms with Crippen molar-refractivity contribution in [1.29, 1.82) is 0 Å². The van der Waals surface area contributed by atoms with Crippen molar-refractivity contribution in [2.75, 3.05) is 24.4 Å². The maximum atomic E-state index is 12.3. The number of amides is 2. The molecule has 23 heavy (non-hydrogen) atoms. The normalized spacial score (nSPS) is 10.1. The van der Waals surface area contributed by atoms with Gasteiger partial charge in [0, 0.05) is 30.9 Å². The summed E-state index contributed by atoms with van der Waals surface area (Å²) in [6.07, 6.45) is 0.